The molecule has 0 saturated carbocycles. The minimum Gasteiger partial charge on any atom is -0.508 e. The van der Waals surface area contributed by atoms with Crippen LogP contribution in [-0.2, 0) is 0 Å². The molecule has 0 fully saturated rings. The molecule has 2 nitrogen and oxygen atoms in total. The van der Waals surface area contributed by atoms with Gasteiger partial charge in [0.1, 0.15) is 5.75 Å². The van der Waals surface area contributed by atoms with E-state index in [1.807, 2.05) is 12.1 Å². The van der Waals surface area contributed by atoms with E-state index < -0.39 is 0 Å². The molecule has 2 aromatic carbocycles. The monoisotopic (exact) mass is 253 g/mol. The quantitative estimate of drug-likeness (QED) is 0.860. The maximum Gasteiger partial charge on any atom is 0.115 e. The minimum atomic E-state index is 0.321. The van der Waals surface area contributed by atoms with Gasteiger partial charge in [0.2, 0.25) is 0 Å². The second-order valence-corrected chi connectivity index (χ2v) is 5.37. The Morgan fingerprint density at radius 2 is 1.89 bits per heavy atom. The second-order valence-electron chi connectivity index (χ2n) is 5.37. The number of aryl methyl sites for hydroxylation is 1. The molecular weight excluding hydrogens is 234 g/mol. The molecule has 98 valence electrons. The average molecular weight is 253 g/mol. The number of hydrogen-bond acceptors (Lipinski definition) is 2. The summed E-state index contributed by atoms with van der Waals surface area (Å²) in [5.74, 6) is 0.657. The minimum absolute atomic E-state index is 0.321. The molecule has 1 aliphatic carbocycles. The van der Waals surface area contributed by atoms with Crippen molar-refractivity contribution in [3.8, 4) is 16.9 Å². The van der Waals surface area contributed by atoms with Crippen molar-refractivity contribution in [1.29, 1.82) is 0 Å². The maximum atomic E-state index is 9.75. The van der Waals surface area contributed by atoms with Crippen LogP contribution in [0.3, 0.4) is 0 Å². The van der Waals surface area contributed by atoms with Crippen LogP contribution in [-0.4, -0.2) is 11.7 Å². The summed E-state index contributed by atoms with van der Waals surface area (Å²) in [6.45, 7) is 4.98. The highest BCUT2D eigenvalue weighted by Crippen LogP contribution is 2.49. The van der Waals surface area contributed by atoms with Gasteiger partial charge in [-0.25, -0.2) is 0 Å². The number of fused-ring (bicyclic) bond motifs is 3. The number of benzene rings is 2. The van der Waals surface area contributed by atoms with Gasteiger partial charge in [0, 0.05) is 5.92 Å². The first-order valence-corrected chi connectivity index (χ1v) is 6.77. The van der Waals surface area contributed by atoms with Crippen molar-refractivity contribution >= 4 is 0 Å². The summed E-state index contributed by atoms with van der Waals surface area (Å²) >= 11 is 0. The van der Waals surface area contributed by atoms with Gasteiger partial charge in [-0.3, -0.25) is 0 Å². The van der Waals surface area contributed by atoms with Crippen LogP contribution in [0.2, 0.25) is 0 Å². The molecule has 0 saturated heterocycles. The lowest BCUT2D eigenvalue weighted by molar-refractivity contribution is 0.474. The van der Waals surface area contributed by atoms with Gasteiger partial charge in [-0.05, 0) is 72.3 Å². The Morgan fingerprint density at radius 1 is 1.11 bits per heavy atom. The summed E-state index contributed by atoms with van der Waals surface area (Å²) in [6.07, 6.45) is 0.923. The Bertz CT molecular complexity index is 646. The van der Waals surface area contributed by atoms with Crippen molar-refractivity contribution in [2.75, 3.05) is 6.54 Å². The van der Waals surface area contributed by atoms with Gasteiger partial charge < -0.3 is 10.8 Å². The van der Waals surface area contributed by atoms with E-state index >= 15 is 0 Å². The lowest BCUT2D eigenvalue weighted by atomic mass is 9.92. The molecular formula is C17H19NO. The number of aromatic hydroxyl groups is 1. The van der Waals surface area contributed by atoms with Crippen LogP contribution in [0.4, 0.5) is 0 Å². The molecule has 0 aliphatic heterocycles. The van der Waals surface area contributed by atoms with Crippen LogP contribution < -0.4 is 5.73 Å². The van der Waals surface area contributed by atoms with Crippen LogP contribution in [0.5, 0.6) is 5.75 Å². The molecule has 0 heterocycles. The van der Waals surface area contributed by atoms with E-state index in [2.05, 4.69) is 26.0 Å². The summed E-state index contributed by atoms with van der Waals surface area (Å²) in [5, 5.41) is 9.75. The van der Waals surface area contributed by atoms with E-state index in [4.69, 9.17) is 5.73 Å². The SMILES string of the molecule is Cc1ccc2c(c1C)-c1ccc(O)cc1C2CCN. The summed E-state index contributed by atoms with van der Waals surface area (Å²) < 4.78 is 0. The maximum absolute atomic E-state index is 9.75. The molecule has 0 spiro atoms. The second kappa shape index (κ2) is 4.39. The number of nitrogens with two attached hydrogens (primary N) is 1. The predicted molar refractivity (Wildman–Crippen MR) is 78.5 cm³/mol. The van der Waals surface area contributed by atoms with E-state index in [9.17, 15) is 5.11 Å². The van der Waals surface area contributed by atoms with Crippen LogP contribution >= 0.6 is 0 Å². The van der Waals surface area contributed by atoms with Crippen molar-refractivity contribution in [2.24, 2.45) is 5.73 Å². The molecule has 1 aliphatic rings. The highest BCUT2D eigenvalue weighted by atomic mass is 16.3. The van der Waals surface area contributed by atoms with Crippen LogP contribution in [0.1, 0.15) is 34.6 Å². The molecule has 0 aromatic heterocycles. The fourth-order valence-electron chi connectivity index (χ4n) is 3.20. The standard InChI is InChI=1S/C17H19NO/c1-10-3-5-14-13(7-8-18)16-9-12(19)4-6-15(16)17(14)11(10)2/h3-6,9,13,19H,7-8,18H2,1-2H3. The van der Waals surface area contributed by atoms with Crippen LogP contribution in [0.25, 0.3) is 11.1 Å². The zero-order valence-corrected chi connectivity index (χ0v) is 11.4. The molecule has 0 amide bonds. The topological polar surface area (TPSA) is 46.2 Å². The molecule has 2 aromatic rings. The van der Waals surface area contributed by atoms with Gasteiger partial charge >= 0.3 is 0 Å². The van der Waals surface area contributed by atoms with E-state index in [1.165, 1.54) is 33.4 Å². The van der Waals surface area contributed by atoms with Crippen molar-refractivity contribution in [3.05, 3.63) is 52.6 Å². The van der Waals surface area contributed by atoms with Gasteiger partial charge in [-0.1, -0.05) is 18.2 Å². The smallest absolute Gasteiger partial charge is 0.115 e. The summed E-state index contributed by atoms with van der Waals surface area (Å²) in [4.78, 5) is 0. The van der Waals surface area contributed by atoms with Crippen molar-refractivity contribution in [3.63, 3.8) is 0 Å². The first-order valence-electron chi connectivity index (χ1n) is 6.77. The van der Waals surface area contributed by atoms with Gasteiger partial charge in [-0.2, -0.15) is 0 Å². The number of rotatable bonds is 2. The number of phenols is 1. The third-order valence-electron chi connectivity index (χ3n) is 4.28. The Hall–Kier alpha value is -1.80. The van der Waals surface area contributed by atoms with Gasteiger partial charge in [-0.15, -0.1) is 0 Å². The highest BCUT2D eigenvalue weighted by molar-refractivity contribution is 5.82. The summed E-state index contributed by atoms with van der Waals surface area (Å²) in [7, 11) is 0. The van der Waals surface area contributed by atoms with Crippen LogP contribution in [0.15, 0.2) is 30.3 Å². The van der Waals surface area contributed by atoms with E-state index in [0.717, 1.165) is 6.42 Å². The average Bonchev–Trinajstić information content (AvgIpc) is 2.69. The fraction of sp³-hybridized carbons (Fsp3) is 0.294. The summed E-state index contributed by atoms with van der Waals surface area (Å²) in [5.41, 5.74) is 13.6. The highest BCUT2D eigenvalue weighted by Gasteiger charge is 2.29. The first kappa shape index (κ1) is 12.2. The Kier molecular flexibility index (Phi) is 2.83. The summed E-state index contributed by atoms with van der Waals surface area (Å²) in [6, 6.07) is 10.1. The number of hydrogen-bond donors (Lipinski definition) is 2. The Labute approximate surface area is 113 Å². The number of phenolic OH excluding ortho intramolecular Hbond substituents is 1. The molecule has 2 heteroatoms. The molecule has 3 N–H and O–H groups in total. The third kappa shape index (κ3) is 1.75. The van der Waals surface area contributed by atoms with Crippen molar-refractivity contribution in [1.82, 2.24) is 0 Å². The van der Waals surface area contributed by atoms with Crippen molar-refractivity contribution < 1.29 is 5.11 Å². The van der Waals surface area contributed by atoms with E-state index in [-0.39, 0.29) is 0 Å². The Balaban J connectivity index is 2.29. The zero-order chi connectivity index (χ0) is 13.6. The third-order valence-corrected chi connectivity index (χ3v) is 4.28. The molecule has 1 unspecified atom stereocenters. The van der Waals surface area contributed by atoms with E-state index in [0.29, 0.717) is 18.2 Å². The van der Waals surface area contributed by atoms with E-state index in [1.54, 1.807) is 6.07 Å². The largest absolute Gasteiger partial charge is 0.508 e. The molecule has 1 atom stereocenters. The molecule has 0 bridgehead atoms. The van der Waals surface area contributed by atoms with Gasteiger partial charge in [0.05, 0.1) is 0 Å². The van der Waals surface area contributed by atoms with Crippen LogP contribution in [0, 0.1) is 13.8 Å². The predicted octanol–water partition coefficient (Wildman–Crippen LogP) is 3.47. The molecule has 19 heavy (non-hydrogen) atoms. The lowest BCUT2D eigenvalue weighted by Gasteiger charge is -2.13. The molecule has 0 radical (unpaired) electrons. The molecule has 3 rings (SSSR count). The van der Waals surface area contributed by atoms with Crippen molar-refractivity contribution in [2.45, 2.75) is 26.2 Å². The van der Waals surface area contributed by atoms with Gasteiger partial charge in [0.15, 0.2) is 0 Å². The normalized spacial score (nSPS) is 16.3. The fourth-order valence-corrected chi connectivity index (χ4v) is 3.20. The lowest BCUT2D eigenvalue weighted by Crippen LogP contribution is -2.06. The Morgan fingerprint density at radius 3 is 2.63 bits per heavy atom. The van der Waals surface area contributed by atoms with Gasteiger partial charge in [0.25, 0.3) is 0 Å². The zero-order valence-electron chi connectivity index (χ0n) is 11.4. The first-order chi connectivity index (χ1) is 9.13.